The predicted octanol–water partition coefficient (Wildman–Crippen LogP) is 2.10. The number of nitrogens with one attached hydrogen (secondary N) is 1. The summed E-state index contributed by atoms with van der Waals surface area (Å²) >= 11 is 3.13. The Balaban J connectivity index is 2.72. The molecule has 7 heteroatoms. The van der Waals surface area contributed by atoms with E-state index in [1.807, 2.05) is 0 Å². The van der Waals surface area contributed by atoms with Gasteiger partial charge in [0.05, 0.1) is 11.4 Å². The highest BCUT2D eigenvalue weighted by molar-refractivity contribution is 9.10. The monoisotopic (exact) mass is 325 g/mol. The van der Waals surface area contributed by atoms with Crippen LogP contribution in [0.3, 0.4) is 0 Å². The summed E-state index contributed by atoms with van der Waals surface area (Å²) in [6.45, 7) is -0.0425. The lowest BCUT2D eigenvalue weighted by molar-refractivity contribution is 0.287. The minimum Gasteiger partial charge on any atom is -0.396 e. The Morgan fingerprint density at radius 3 is 2.71 bits per heavy atom. The van der Waals surface area contributed by atoms with Crippen LogP contribution in [0.25, 0.3) is 0 Å². The van der Waals surface area contributed by atoms with E-state index < -0.39 is 15.8 Å². The van der Waals surface area contributed by atoms with Crippen LogP contribution in [0.2, 0.25) is 0 Å². The van der Waals surface area contributed by atoms with Gasteiger partial charge in [-0.25, -0.2) is 12.8 Å². The van der Waals surface area contributed by atoms with Crippen molar-refractivity contribution < 1.29 is 17.9 Å². The van der Waals surface area contributed by atoms with E-state index in [1.54, 1.807) is 0 Å². The van der Waals surface area contributed by atoms with E-state index in [9.17, 15) is 12.8 Å². The fourth-order valence-corrected chi connectivity index (χ4v) is 2.87. The van der Waals surface area contributed by atoms with Gasteiger partial charge in [-0.2, -0.15) is 0 Å². The van der Waals surface area contributed by atoms with Gasteiger partial charge < -0.3 is 5.11 Å². The second kappa shape index (κ2) is 6.32. The number of sulfonamides is 1. The van der Waals surface area contributed by atoms with Crippen molar-refractivity contribution in [2.45, 2.75) is 12.8 Å². The molecule has 0 spiro atoms. The first-order valence-corrected chi connectivity index (χ1v) is 7.45. The standard InChI is InChI=1S/C10H13BrFNO3S/c11-9-4-3-8(12)7-10(9)13-17(15,16)6-2-1-5-14/h3-4,7,13-14H,1-2,5-6H2. The Labute approximate surface area is 108 Å². The molecule has 0 amide bonds. The SMILES string of the molecule is O=S(=O)(CCCCO)Nc1cc(F)ccc1Br. The molecule has 0 aliphatic heterocycles. The number of aliphatic hydroxyl groups is 1. The second-order valence-corrected chi connectivity index (χ2v) is 6.17. The van der Waals surface area contributed by atoms with Crippen LogP contribution < -0.4 is 4.72 Å². The molecule has 0 radical (unpaired) electrons. The Hall–Kier alpha value is -0.660. The summed E-state index contributed by atoms with van der Waals surface area (Å²) in [6.07, 6.45) is 0.782. The van der Waals surface area contributed by atoms with E-state index in [2.05, 4.69) is 20.7 Å². The molecule has 0 saturated carbocycles. The van der Waals surface area contributed by atoms with Crippen LogP contribution in [0.15, 0.2) is 22.7 Å². The summed E-state index contributed by atoms with van der Waals surface area (Å²) in [5.74, 6) is -0.613. The normalized spacial score (nSPS) is 11.5. The maximum absolute atomic E-state index is 12.9. The van der Waals surface area contributed by atoms with E-state index in [0.29, 0.717) is 17.3 Å². The largest absolute Gasteiger partial charge is 0.396 e. The summed E-state index contributed by atoms with van der Waals surface area (Å²) in [5.41, 5.74) is 0.175. The van der Waals surface area contributed by atoms with Crippen LogP contribution in [-0.2, 0) is 10.0 Å². The number of benzene rings is 1. The van der Waals surface area contributed by atoms with Crippen LogP contribution in [-0.4, -0.2) is 25.9 Å². The highest BCUT2D eigenvalue weighted by atomic mass is 79.9. The molecule has 96 valence electrons. The van der Waals surface area contributed by atoms with Gasteiger partial charge in [-0.15, -0.1) is 0 Å². The van der Waals surface area contributed by atoms with Gasteiger partial charge in [-0.3, -0.25) is 4.72 Å². The Bertz CT molecular complexity index is 478. The molecule has 4 nitrogen and oxygen atoms in total. The molecular formula is C10H13BrFNO3S. The molecule has 0 aliphatic carbocycles. The fraction of sp³-hybridized carbons (Fsp3) is 0.400. The third-order valence-corrected chi connectivity index (χ3v) is 4.06. The number of hydrogen-bond donors (Lipinski definition) is 2. The first kappa shape index (κ1) is 14.4. The van der Waals surface area contributed by atoms with Crippen molar-refractivity contribution in [3.8, 4) is 0 Å². The van der Waals surface area contributed by atoms with Crippen LogP contribution in [0.5, 0.6) is 0 Å². The fourth-order valence-electron chi connectivity index (χ4n) is 1.20. The third-order valence-electron chi connectivity index (χ3n) is 2.02. The zero-order valence-corrected chi connectivity index (χ0v) is 11.4. The van der Waals surface area contributed by atoms with Gasteiger partial charge in [0.15, 0.2) is 0 Å². The molecule has 0 aromatic heterocycles. The number of rotatable bonds is 6. The molecule has 0 bridgehead atoms. The predicted molar refractivity (Wildman–Crippen MR) is 67.8 cm³/mol. The Morgan fingerprint density at radius 2 is 2.06 bits per heavy atom. The Morgan fingerprint density at radius 1 is 1.35 bits per heavy atom. The lowest BCUT2D eigenvalue weighted by Gasteiger charge is -2.09. The summed E-state index contributed by atoms with van der Waals surface area (Å²) in [5, 5.41) is 8.56. The molecule has 1 aromatic rings. The van der Waals surface area contributed by atoms with Crippen molar-refractivity contribution in [1.82, 2.24) is 0 Å². The molecule has 0 atom stereocenters. The zero-order valence-electron chi connectivity index (χ0n) is 8.99. The lowest BCUT2D eigenvalue weighted by atomic mass is 10.3. The van der Waals surface area contributed by atoms with E-state index in [-0.39, 0.29) is 18.0 Å². The molecule has 0 unspecified atom stereocenters. The highest BCUT2D eigenvalue weighted by Crippen LogP contribution is 2.24. The number of hydrogen-bond acceptors (Lipinski definition) is 3. The smallest absolute Gasteiger partial charge is 0.232 e. The molecule has 0 heterocycles. The summed E-state index contributed by atoms with van der Waals surface area (Å²) in [6, 6.07) is 3.77. The van der Waals surface area contributed by atoms with Crippen molar-refractivity contribution in [2.24, 2.45) is 0 Å². The zero-order chi connectivity index (χ0) is 12.9. The minimum atomic E-state index is -3.50. The number of aliphatic hydroxyl groups excluding tert-OH is 1. The van der Waals surface area contributed by atoms with Crippen LogP contribution >= 0.6 is 15.9 Å². The quantitative estimate of drug-likeness (QED) is 0.787. The minimum absolute atomic E-state index is 0.0425. The Kier molecular flexibility index (Phi) is 5.35. The molecule has 0 saturated heterocycles. The average molecular weight is 326 g/mol. The van der Waals surface area contributed by atoms with E-state index in [4.69, 9.17) is 5.11 Å². The first-order chi connectivity index (χ1) is 7.94. The molecule has 0 aliphatic rings. The van der Waals surface area contributed by atoms with Crippen molar-refractivity contribution in [1.29, 1.82) is 0 Å². The van der Waals surface area contributed by atoms with Gasteiger partial charge in [-0.1, -0.05) is 0 Å². The van der Waals surface area contributed by atoms with E-state index in [0.717, 1.165) is 6.07 Å². The van der Waals surface area contributed by atoms with Crippen molar-refractivity contribution in [2.75, 3.05) is 17.1 Å². The molecule has 1 rings (SSSR count). The van der Waals surface area contributed by atoms with Crippen molar-refractivity contribution >= 4 is 31.6 Å². The van der Waals surface area contributed by atoms with Gasteiger partial charge in [0, 0.05) is 11.1 Å². The van der Waals surface area contributed by atoms with Crippen LogP contribution in [0, 0.1) is 5.82 Å². The van der Waals surface area contributed by atoms with Gasteiger partial charge in [0.2, 0.25) is 10.0 Å². The van der Waals surface area contributed by atoms with Crippen LogP contribution in [0.4, 0.5) is 10.1 Å². The maximum atomic E-state index is 12.9. The average Bonchev–Trinajstić information content (AvgIpc) is 2.23. The third kappa shape index (κ3) is 5.01. The maximum Gasteiger partial charge on any atom is 0.232 e. The molecule has 0 fully saturated rings. The van der Waals surface area contributed by atoms with Crippen LogP contribution in [0.1, 0.15) is 12.8 Å². The van der Waals surface area contributed by atoms with Crippen molar-refractivity contribution in [3.05, 3.63) is 28.5 Å². The van der Waals surface area contributed by atoms with Crippen molar-refractivity contribution in [3.63, 3.8) is 0 Å². The second-order valence-electron chi connectivity index (χ2n) is 3.48. The van der Waals surface area contributed by atoms with Gasteiger partial charge in [-0.05, 0) is 47.0 Å². The molecular weight excluding hydrogens is 313 g/mol. The summed E-state index contributed by atoms with van der Waals surface area (Å²) in [7, 11) is -3.50. The van der Waals surface area contributed by atoms with E-state index in [1.165, 1.54) is 12.1 Å². The molecule has 2 N–H and O–H groups in total. The molecule has 17 heavy (non-hydrogen) atoms. The van der Waals surface area contributed by atoms with E-state index >= 15 is 0 Å². The van der Waals surface area contributed by atoms with Gasteiger partial charge >= 0.3 is 0 Å². The van der Waals surface area contributed by atoms with Gasteiger partial charge in [0.1, 0.15) is 5.82 Å². The highest BCUT2D eigenvalue weighted by Gasteiger charge is 2.12. The molecule has 1 aromatic carbocycles. The number of anilines is 1. The first-order valence-electron chi connectivity index (χ1n) is 5.01. The summed E-state index contributed by atoms with van der Waals surface area (Å²) in [4.78, 5) is 0. The summed E-state index contributed by atoms with van der Waals surface area (Å²) < 4.78 is 38.9. The van der Waals surface area contributed by atoms with Gasteiger partial charge in [0.25, 0.3) is 0 Å². The number of unbranched alkanes of at least 4 members (excludes halogenated alkanes) is 1. The topological polar surface area (TPSA) is 66.4 Å². The number of halogens is 2. The lowest BCUT2D eigenvalue weighted by Crippen LogP contribution is -2.17.